The van der Waals surface area contributed by atoms with E-state index in [1.165, 1.54) is 11.9 Å². The molecule has 0 spiro atoms. The van der Waals surface area contributed by atoms with Crippen LogP contribution in [0.2, 0.25) is 0 Å². The zero-order valence-corrected chi connectivity index (χ0v) is 17.9. The van der Waals surface area contributed by atoms with Crippen molar-refractivity contribution in [3.8, 4) is 11.4 Å². The lowest BCUT2D eigenvalue weighted by Crippen LogP contribution is -2.38. The second-order valence-electron chi connectivity index (χ2n) is 7.09. The molecule has 1 atom stereocenters. The van der Waals surface area contributed by atoms with E-state index in [4.69, 9.17) is 9.73 Å². The van der Waals surface area contributed by atoms with Crippen molar-refractivity contribution in [1.29, 1.82) is 0 Å². The van der Waals surface area contributed by atoms with E-state index in [1.807, 2.05) is 24.3 Å². The quantitative estimate of drug-likeness (QED) is 0.420. The summed E-state index contributed by atoms with van der Waals surface area (Å²) in [5.74, 6) is 2.18. The summed E-state index contributed by atoms with van der Waals surface area (Å²) in [5.41, 5.74) is 3.44. The number of benzene rings is 2. The lowest BCUT2D eigenvalue weighted by molar-refractivity contribution is 0.414. The number of hydrogen-bond donors (Lipinski definition) is 2. The molecule has 2 aromatic carbocycles. The predicted molar refractivity (Wildman–Crippen MR) is 120 cm³/mol. The maximum Gasteiger partial charge on any atom is 0.191 e. The Hall–Kier alpha value is -3.35. The second-order valence-corrected chi connectivity index (χ2v) is 7.09. The van der Waals surface area contributed by atoms with Gasteiger partial charge in [0.1, 0.15) is 18.4 Å². The standard InChI is InChI=1S/C23H30N6O/c1-4-25-23(26-14-13-18(2)20-7-11-22(30-3)12-8-20)27-15-19-5-9-21(10-6-19)29-17-24-16-28-29/h5-12,16-18H,4,13-15H2,1-3H3,(H2,25,26,27). The summed E-state index contributed by atoms with van der Waals surface area (Å²) in [4.78, 5) is 8.69. The van der Waals surface area contributed by atoms with Gasteiger partial charge in [0.2, 0.25) is 0 Å². The van der Waals surface area contributed by atoms with Crippen LogP contribution in [0.3, 0.4) is 0 Å². The number of methoxy groups -OCH3 is 1. The maximum absolute atomic E-state index is 5.23. The summed E-state index contributed by atoms with van der Waals surface area (Å²) < 4.78 is 6.97. The third-order valence-corrected chi connectivity index (χ3v) is 4.94. The molecule has 7 nitrogen and oxygen atoms in total. The Labute approximate surface area is 178 Å². The van der Waals surface area contributed by atoms with Crippen LogP contribution in [-0.2, 0) is 6.54 Å². The Morgan fingerprint density at radius 3 is 2.50 bits per heavy atom. The van der Waals surface area contributed by atoms with Crippen LogP contribution in [0.4, 0.5) is 0 Å². The number of hydrogen-bond acceptors (Lipinski definition) is 4. The number of nitrogens with one attached hydrogen (secondary N) is 2. The van der Waals surface area contributed by atoms with Crippen molar-refractivity contribution in [2.24, 2.45) is 4.99 Å². The maximum atomic E-state index is 5.23. The Balaban J connectivity index is 1.51. The topological polar surface area (TPSA) is 76.4 Å². The van der Waals surface area contributed by atoms with Gasteiger partial charge in [0.25, 0.3) is 0 Å². The fourth-order valence-electron chi connectivity index (χ4n) is 3.11. The molecular formula is C23H30N6O. The minimum Gasteiger partial charge on any atom is -0.497 e. The highest BCUT2D eigenvalue weighted by Crippen LogP contribution is 2.21. The average molecular weight is 407 g/mol. The number of rotatable bonds is 9. The molecular weight excluding hydrogens is 376 g/mol. The molecule has 0 aliphatic carbocycles. The second kappa shape index (κ2) is 11.0. The largest absolute Gasteiger partial charge is 0.497 e. The molecule has 0 bridgehead atoms. The molecule has 7 heteroatoms. The third kappa shape index (κ3) is 6.07. The van der Waals surface area contributed by atoms with E-state index >= 15 is 0 Å². The fourth-order valence-corrected chi connectivity index (χ4v) is 3.11. The van der Waals surface area contributed by atoms with Crippen molar-refractivity contribution in [3.63, 3.8) is 0 Å². The lowest BCUT2D eigenvalue weighted by atomic mass is 9.98. The Kier molecular flexibility index (Phi) is 7.83. The van der Waals surface area contributed by atoms with Gasteiger partial charge in [-0.3, -0.25) is 0 Å². The molecule has 1 aromatic heterocycles. The van der Waals surface area contributed by atoms with Gasteiger partial charge in [0.15, 0.2) is 5.96 Å². The van der Waals surface area contributed by atoms with Gasteiger partial charge in [0.05, 0.1) is 19.3 Å². The van der Waals surface area contributed by atoms with Gasteiger partial charge in [-0.05, 0) is 54.7 Å². The zero-order valence-electron chi connectivity index (χ0n) is 17.9. The summed E-state index contributed by atoms with van der Waals surface area (Å²) >= 11 is 0. The number of guanidine groups is 1. The zero-order chi connectivity index (χ0) is 21.2. The van der Waals surface area contributed by atoms with E-state index in [9.17, 15) is 0 Å². The first kappa shape index (κ1) is 21.4. The van der Waals surface area contributed by atoms with Crippen molar-refractivity contribution in [2.75, 3.05) is 20.2 Å². The molecule has 0 aliphatic rings. The Morgan fingerprint density at radius 2 is 1.87 bits per heavy atom. The molecule has 0 saturated carbocycles. The summed E-state index contributed by atoms with van der Waals surface area (Å²) in [6, 6.07) is 16.5. The Morgan fingerprint density at radius 1 is 1.10 bits per heavy atom. The molecule has 0 aliphatic heterocycles. The average Bonchev–Trinajstić information content (AvgIpc) is 3.33. The van der Waals surface area contributed by atoms with Crippen LogP contribution < -0.4 is 15.4 Å². The van der Waals surface area contributed by atoms with E-state index in [0.717, 1.165) is 42.5 Å². The summed E-state index contributed by atoms with van der Waals surface area (Å²) in [6.07, 6.45) is 4.23. The first-order valence-electron chi connectivity index (χ1n) is 10.3. The molecule has 0 fully saturated rings. The van der Waals surface area contributed by atoms with Crippen molar-refractivity contribution in [2.45, 2.75) is 32.7 Å². The highest BCUT2D eigenvalue weighted by atomic mass is 16.5. The molecule has 0 amide bonds. The minimum atomic E-state index is 0.454. The van der Waals surface area contributed by atoms with Crippen molar-refractivity contribution in [3.05, 3.63) is 72.3 Å². The van der Waals surface area contributed by atoms with Crippen LogP contribution in [0.15, 0.2) is 66.2 Å². The molecule has 3 rings (SSSR count). The number of ether oxygens (including phenoxy) is 1. The van der Waals surface area contributed by atoms with Crippen LogP contribution in [0, 0.1) is 0 Å². The van der Waals surface area contributed by atoms with E-state index in [1.54, 1.807) is 18.1 Å². The minimum absolute atomic E-state index is 0.454. The fraction of sp³-hybridized carbons (Fsp3) is 0.348. The van der Waals surface area contributed by atoms with Gasteiger partial charge < -0.3 is 15.4 Å². The molecule has 0 radical (unpaired) electrons. The van der Waals surface area contributed by atoms with Crippen LogP contribution in [0.25, 0.3) is 5.69 Å². The van der Waals surface area contributed by atoms with Gasteiger partial charge in [0, 0.05) is 13.1 Å². The van der Waals surface area contributed by atoms with Gasteiger partial charge in [-0.1, -0.05) is 31.2 Å². The molecule has 2 N–H and O–H groups in total. The van der Waals surface area contributed by atoms with Gasteiger partial charge in [-0.15, -0.1) is 0 Å². The number of aliphatic imine (C=N–C) groups is 1. The molecule has 3 aromatic rings. The van der Waals surface area contributed by atoms with Gasteiger partial charge in [-0.25, -0.2) is 14.7 Å². The molecule has 158 valence electrons. The SMILES string of the molecule is CCNC(=NCc1ccc(-n2cncn2)cc1)NCCC(C)c1ccc(OC)cc1. The van der Waals surface area contributed by atoms with Gasteiger partial charge >= 0.3 is 0 Å². The highest BCUT2D eigenvalue weighted by molar-refractivity contribution is 5.79. The summed E-state index contributed by atoms with van der Waals surface area (Å²) in [5, 5.41) is 10.9. The van der Waals surface area contributed by atoms with Crippen molar-refractivity contribution < 1.29 is 4.74 Å². The normalized spacial score (nSPS) is 12.4. The summed E-state index contributed by atoms with van der Waals surface area (Å²) in [7, 11) is 1.69. The number of aromatic nitrogens is 3. The summed E-state index contributed by atoms with van der Waals surface area (Å²) in [6.45, 7) is 6.60. The molecule has 1 unspecified atom stereocenters. The van der Waals surface area contributed by atoms with Gasteiger partial charge in [-0.2, -0.15) is 5.10 Å². The van der Waals surface area contributed by atoms with E-state index in [0.29, 0.717) is 12.5 Å². The van der Waals surface area contributed by atoms with Crippen LogP contribution in [-0.4, -0.2) is 40.9 Å². The van der Waals surface area contributed by atoms with E-state index in [2.05, 4.69) is 58.8 Å². The molecule has 1 heterocycles. The van der Waals surface area contributed by atoms with Crippen molar-refractivity contribution in [1.82, 2.24) is 25.4 Å². The van der Waals surface area contributed by atoms with E-state index in [-0.39, 0.29) is 0 Å². The van der Waals surface area contributed by atoms with Crippen LogP contribution in [0.5, 0.6) is 5.75 Å². The first-order valence-corrected chi connectivity index (χ1v) is 10.3. The monoisotopic (exact) mass is 406 g/mol. The lowest BCUT2D eigenvalue weighted by Gasteiger charge is -2.15. The highest BCUT2D eigenvalue weighted by Gasteiger charge is 2.06. The van der Waals surface area contributed by atoms with Crippen LogP contribution >= 0.6 is 0 Å². The van der Waals surface area contributed by atoms with E-state index < -0.39 is 0 Å². The first-order chi connectivity index (χ1) is 14.7. The molecule has 30 heavy (non-hydrogen) atoms. The Bertz CT molecular complexity index is 904. The molecule has 0 saturated heterocycles. The predicted octanol–water partition coefficient (Wildman–Crippen LogP) is 3.52. The number of nitrogens with zero attached hydrogens (tertiary/aromatic N) is 4. The third-order valence-electron chi connectivity index (χ3n) is 4.94. The van der Waals surface area contributed by atoms with Crippen molar-refractivity contribution >= 4 is 5.96 Å². The smallest absolute Gasteiger partial charge is 0.191 e. The van der Waals surface area contributed by atoms with Crippen LogP contribution in [0.1, 0.15) is 37.3 Å².